The van der Waals surface area contributed by atoms with E-state index < -0.39 is 0 Å². The smallest absolute Gasteiger partial charge is 0.223 e. The van der Waals surface area contributed by atoms with Crippen molar-refractivity contribution >= 4 is 18.3 Å². The van der Waals surface area contributed by atoms with Gasteiger partial charge in [-0.3, -0.25) is 4.79 Å². The van der Waals surface area contributed by atoms with Gasteiger partial charge in [0.05, 0.1) is 0 Å². The molecule has 0 radical (unpaired) electrons. The Bertz CT molecular complexity index is 406. The Hall–Kier alpha value is -1.06. The van der Waals surface area contributed by atoms with Crippen molar-refractivity contribution in [3.8, 4) is 0 Å². The van der Waals surface area contributed by atoms with Crippen LogP contribution in [-0.2, 0) is 4.79 Å². The highest BCUT2D eigenvalue weighted by molar-refractivity contribution is 5.85. The Morgan fingerprint density at radius 2 is 1.90 bits per heavy atom. The summed E-state index contributed by atoms with van der Waals surface area (Å²) in [6, 6.07) is 10.3. The van der Waals surface area contributed by atoms with Crippen molar-refractivity contribution in [2.24, 2.45) is 5.92 Å². The number of hydrogen-bond acceptors (Lipinski definition) is 2. The van der Waals surface area contributed by atoms with Gasteiger partial charge >= 0.3 is 0 Å². The molecule has 2 rings (SSSR count). The molecule has 1 aliphatic carbocycles. The van der Waals surface area contributed by atoms with Crippen LogP contribution < -0.4 is 5.32 Å². The molecule has 2 atom stereocenters. The first-order valence-corrected chi connectivity index (χ1v) is 7.31. The predicted molar refractivity (Wildman–Crippen MR) is 85.3 cm³/mol. The maximum atomic E-state index is 12.0. The van der Waals surface area contributed by atoms with Gasteiger partial charge in [-0.25, -0.2) is 0 Å². The molecule has 1 fully saturated rings. The average molecular weight is 297 g/mol. The summed E-state index contributed by atoms with van der Waals surface area (Å²) in [5, 5.41) is 3.06. The van der Waals surface area contributed by atoms with Gasteiger partial charge in [-0.05, 0) is 31.0 Å². The Balaban J connectivity index is 0.00000200. The van der Waals surface area contributed by atoms with Crippen molar-refractivity contribution in [2.75, 3.05) is 26.2 Å². The number of nitrogens with one attached hydrogen (secondary N) is 1. The first kappa shape index (κ1) is 17.0. The largest absolute Gasteiger partial charge is 0.355 e. The molecule has 0 aliphatic heterocycles. The van der Waals surface area contributed by atoms with Crippen molar-refractivity contribution in [1.82, 2.24) is 10.2 Å². The number of nitrogens with zero attached hydrogens (tertiary/aromatic N) is 1. The lowest BCUT2D eigenvalue weighted by atomic mass is 10.1. The van der Waals surface area contributed by atoms with E-state index in [0.717, 1.165) is 32.6 Å². The van der Waals surface area contributed by atoms with Gasteiger partial charge in [-0.2, -0.15) is 0 Å². The van der Waals surface area contributed by atoms with E-state index in [1.165, 1.54) is 5.56 Å². The van der Waals surface area contributed by atoms with Gasteiger partial charge in [0.2, 0.25) is 5.91 Å². The summed E-state index contributed by atoms with van der Waals surface area (Å²) >= 11 is 0. The zero-order valence-electron chi connectivity index (χ0n) is 12.3. The van der Waals surface area contributed by atoms with E-state index in [2.05, 4.69) is 36.2 Å². The van der Waals surface area contributed by atoms with Gasteiger partial charge in [0.25, 0.3) is 0 Å². The third-order valence-electron chi connectivity index (χ3n) is 3.98. The van der Waals surface area contributed by atoms with Crippen LogP contribution in [0.3, 0.4) is 0 Å². The van der Waals surface area contributed by atoms with Gasteiger partial charge in [0.1, 0.15) is 0 Å². The number of carbonyl (C=O) groups excluding carboxylic acids is 1. The Morgan fingerprint density at radius 1 is 1.25 bits per heavy atom. The normalized spacial score (nSPS) is 20.4. The maximum Gasteiger partial charge on any atom is 0.223 e. The van der Waals surface area contributed by atoms with E-state index in [-0.39, 0.29) is 24.2 Å². The van der Waals surface area contributed by atoms with E-state index in [9.17, 15) is 4.79 Å². The summed E-state index contributed by atoms with van der Waals surface area (Å²) in [5.74, 6) is 0.856. The molecule has 0 spiro atoms. The van der Waals surface area contributed by atoms with Crippen molar-refractivity contribution in [1.29, 1.82) is 0 Å². The van der Waals surface area contributed by atoms with Crippen LogP contribution in [0.5, 0.6) is 0 Å². The molecule has 0 bridgehead atoms. The minimum Gasteiger partial charge on any atom is -0.355 e. The standard InChI is InChI=1S/C16H24N2O.ClH/c1-3-18(4-2)11-10-17-16(19)15-12-14(15)13-8-6-5-7-9-13;/h5-9,14-15H,3-4,10-12H2,1-2H3,(H,17,19);1H/t14-,15+;/m0./s1. The topological polar surface area (TPSA) is 32.3 Å². The maximum absolute atomic E-state index is 12.0. The SMILES string of the molecule is CCN(CC)CCNC(=O)[C@@H]1C[C@H]1c1ccccc1.Cl. The van der Waals surface area contributed by atoms with E-state index in [1.807, 2.05) is 18.2 Å². The van der Waals surface area contributed by atoms with Gasteiger partial charge in [0, 0.05) is 19.0 Å². The van der Waals surface area contributed by atoms with Gasteiger partial charge in [0.15, 0.2) is 0 Å². The second kappa shape index (κ2) is 8.28. The molecule has 1 N–H and O–H groups in total. The van der Waals surface area contributed by atoms with Crippen LogP contribution in [-0.4, -0.2) is 37.0 Å². The summed E-state index contributed by atoms with van der Waals surface area (Å²) in [6.45, 7) is 8.10. The molecule has 0 unspecified atom stereocenters. The van der Waals surface area contributed by atoms with Crippen LogP contribution in [0.1, 0.15) is 31.7 Å². The molecule has 4 heteroatoms. The number of hydrogen-bond donors (Lipinski definition) is 1. The second-order valence-corrected chi connectivity index (χ2v) is 5.18. The molecule has 20 heavy (non-hydrogen) atoms. The minimum atomic E-state index is 0. The Labute approximate surface area is 128 Å². The Kier molecular flexibility index (Phi) is 7.03. The highest BCUT2D eigenvalue weighted by Crippen LogP contribution is 2.47. The van der Waals surface area contributed by atoms with E-state index >= 15 is 0 Å². The molecule has 1 saturated carbocycles. The van der Waals surface area contributed by atoms with Crippen molar-refractivity contribution < 1.29 is 4.79 Å². The molecule has 0 saturated heterocycles. The molecule has 1 amide bonds. The first-order valence-electron chi connectivity index (χ1n) is 7.31. The fraction of sp³-hybridized carbons (Fsp3) is 0.562. The molecule has 112 valence electrons. The number of halogens is 1. The number of rotatable bonds is 7. The minimum absolute atomic E-state index is 0. The lowest BCUT2D eigenvalue weighted by Crippen LogP contribution is -2.35. The number of carbonyl (C=O) groups is 1. The molecule has 3 nitrogen and oxygen atoms in total. The fourth-order valence-electron chi connectivity index (χ4n) is 2.56. The van der Waals surface area contributed by atoms with Crippen LogP contribution in [0.25, 0.3) is 0 Å². The molecular weight excluding hydrogens is 272 g/mol. The molecule has 1 aromatic carbocycles. The van der Waals surface area contributed by atoms with Crippen LogP contribution in [0, 0.1) is 5.92 Å². The molecular formula is C16H25ClN2O. The third kappa shape index (κ3) is 4.50. The van der Waals surface area contributed by atoms with Gasteiger partial charge in [-0.15, -0.1) is 12.4 Å². The zero-order chi connectivity index (χ0) is 13.7. The summed E-state index contributed by atoms with van der Waals surface area (Å²) < 4.78 is 0. The predicted octanol–water partition coefficient (Wildman–Crippen LogP) is 2.67. The molecule has 1 aromatic rings. The van der Waals surface area contributed by atoms with Gasteiger partial charge in [-0.1, -0.05) is 44.2 Å². The van der Waals surface area contributed by atoms with Crippen LogP contribution in [0.15, 0.2) is 30.3 Å². The summed E-state index contributed by atoms with van der Waals surface area (Å²) in [4.78, 5) is 14.3. The fourth-order valence-corrected chi connectivity index (χ4v) is 2.56. The molecule has 0 heterocycles. The van der Waals surface area contributed by atoms with E-state index in [4.69, 9.17) is 0 Å². The van der Waals surface area contributed by atoms with E-state index in [1.54, 1.807) is 0 Å². The molecule has 1 aliphatic rings. The summed E-state index contributed by atoms with van der Waals surface area (Å²) in [7, 11) is 0. The van der Waals surface area contributed by atoms with Crippen LogP contribution >= 0.6 is 12.4 Å². The number of amides is 1. The zero-order valence-corrected chi connectivity index (χ0v) is 13.2. The average Bonchev–Trinajstić information content (AvgIpc) is 3.25. The highest BCUT2D eigenvalue weighted by Gasteiger charge is 2.43. The second-order valence-electron chi connectivity index (χ2n) is 5.18. The van der Waals surface area contributed by atoms with Crippen LogP contribution in [0.4, 0.5) is 0 Å². The van der Waals surface area contributed by atoms with Crippen molar-refractivity contribution in [3.05, 3.63) is 35.9 Å². The van der Waals surface area contributed by atoms with Crippen molar-refractivity contribution in [2.45, 2.75) is 26.2 Å². The number of likely N-dealkylation sites (N-methyl/N-ethyl adjacent to an activating group) is 1. The number of benzene rings is 1. The summed E-state index contributed by atoms with van der Waals surface area (Å²) in [5.41, 5.74) is 1.30. The lowest BCUT2D eigenvalue weighted by Gasteiger charge is -2.17. The van der Waals surface area contributed by atoms with Crippen molar-refractivity contribution in [3.63, 3.8) is 0 Å². The monoisotopic (exact) mass is 296 g/mol. The first-order chi connectivity index (χ1) is 9.26. The quantitative estimate of drug-likeness (QED) is 0.839. The van der Waals surface area contributed by atoms with Gasteiger partial charge < -0.3 is 10.2 Å². The van der Waals surface area contributed by atoms with E-state index in [0.29, 0.717) is 5.92 Å². The Morgan fingerprint density at radius 3 is 2.50 bits per heavy atom. The molecule has 0 aromatic heterocycles. The lowest BCUT2D eigenvalue weighted by molar-refractivity contribution is -0.122. The summed E-state index contributed by atoms with van der Waals surface area (Å²) in [6.07, 6.45) is 1.00. The highest BCUT2D eigenvalue weighted by atomic mass is 35.5. The van der Waals surface area contributed by atoms with Crippen LogP contribution in [0.2, 0.25) is 0 Å². The third-order valence-corrected chi connectivity index (χ3v) is 3.98.